The van der Waals surface area contributed by atoms with Crippen molar-refractivity contribution < 1.29 is 15.0 Å². The molecule has 0 bridgehead atoms. The van der Waals surface area contributed by atoms with Gasteiger partial charge in [0.2, 0.25) is 0 Å². The van der Waals surface area contributed by atoms with E-state index in [2.05, 4.69) is 11.8 Å². The zero-order chi connectivity index (χ0) is 9.68. The monoisotopic (exact) mass is 196 g/mol. The maximum absolute atomic E-state index is 10.6. The zero-order valence-electron chi connectivity index (χ0n) is 6.78. The van der Waals surface area contributed by atoms with Gasteiger partial charge in [0.15, 0.2) is 0 Å². The Kier molecular flexibility index (Phi) is 3.50. The molecule has 0 aliphatic carbocycles. The summed E-state index contributed by atoms with van der Waals surface area (Å²) >= 11 is 1.31. The minimum atomic E-state index is -0.963. The van der Waals surface area contributed by atoms with Crippen LogP contribution in [-0.4, -0.2) is 22.8 Å². The molecule has 1 rings (SSSR count). The van der Waals surface area contributed by atoms with E-state index in [0.717, 1.165) is 0 Å². The van der Waals surface area contributed by atoms with Gasteiger partial charge in [0.25, 0.3) is 0 Å². The van der Waals surface area contributed by atoms with E-state index < -0.39 is 5.97 Å². The van der Waals surface area contributed by atoms with E-state index in [0.29, 0.717) is 12.0 Å². The van der Waals surface area contributed by atoms with Gasteiger partial charge < -0.3 is 10.2 Å². The average Bonchev–Trinajstić information content (AvgIpc) is 2.53. The molecular formula is C9H8O3S. The maximum atomic E-state index is 10.6. The number of thiophene rings is 1. The molecule has 0 saturated heterocycles. The summed E-state index contributed by atoms with van der Waals surface area (Å²) < 4.78 is 0. The molecule has 0 spiro atoms. The SMILES string of the molecule is O=C(O)c1cscc1C#CCCO. The summed E-state index contributed by atoms with van der Waals surface area (Å²) in [6.45, 7) is -0.000454. The topological polar surface area (TPSA) is 57.5 Å². The Morgan fingerprint density at radius 1 is 1.54 bits per heavy atom. The van der Waals surface area contributed by atoms with Gasteiger partial charge in [-0.2, -0.15) is 11.3 Å². The molecule has 0 unspecified atom stereocenters. The summed E-state index contributed by atoms with van der Waals surface area (Å²) in [6.07, 6.45) is 0.370. The van der Waals surface area contributed by atoms with Gasteiger partial charge in [-0.15, -0.1) is 0 Å². The van der Waals surface area contributed by atoms with Gasteiger partial charge in [0.1, 0.15) is 0 Å². The molecule has 3 nitrogen and oxygen atoms in total. The van der Waals surface area contributed by atoms with Crippen molar-refractivity contribution >= 4 is 17.3 Å². The molecule has 0 aliphatic rings. The number of carboxylic acids is 1. The minimum absolute atomic E-state index is 0.000454. The van der Waals surface area contributed by atoms with Gasteiger partial charge in [-0.3, -0.25) is 0 Å². The second-order valence-electron chi connectivity index (χ2n) is 2.28. The average molecular weight is 196 g/mol. The summed E-state index contributed by atoms with van der Waals surface area (Å²) in [5.74, 6) is 4.41. The predicted octanol–water partition coefficient (Wildman–Crippen LogP) is 1.18. The largest absolute Gasteiger partial charge is 0.478 e. The van der Waals surface area contributed by atoms with Crippen LogP contribution in [0.3, 0.4) is 0 Å². The van der Waals surface area contributed by atoms with Crippen molar-refractivity contribution in [2.75, 3.05) is 6.61 Å². The minimum Gasteiger partial charge on any atom is -0.478 e. The van der Waals surface area contributed by atoms with Crippen LogP contribution in [0.25, 0.3) is 0 Å². The molecule has 0 aliphatic heterocycles. The molecular weight excluding hydrogens is 188 g/mol. The van der Waals surface area contributed by atoms with Crippen LogP contribution in [0.4, 0.5) is 0 Å². The fourth-order valence-electron chi connectivity index (χ4n) is 0.773. The Morgan fingerprint density at radius 2 is 2.31 bits per heavy atom. The van der Waals surface area contributed by atoms with E-state index in [1.807, 2.05) is 0 Å². The highest BCUT2D eigenvalue weighted by Gasteiger charge is 2.08. The highest BCUT2D eigenvalue weighted by molar-refractivity contribution is 7.08. The first kappa shape index (κ1) is 9.78. The number of rotatable bonds is 2. The normalized spacial score (nSPS) is 9.00. The van der Waals surface area contributed by atoms with E-state index >= 15 is 0 Å². The molecule has 13 heavy (non-hydrogen) atoms. The van der Waals surface area contributed by atoms with Crippen LogP contribution in [0.5, 0.6) is 0 Å². The van der Waals surface area contributed by atoms with Gasteiger partial charge in [0.05, 0.1) is 12.2 Å². The highest BCUT2D eigenvalue weighted by Crippen LogP contribution is 2.13. The first-order chi connectivity index (χ1) is 6.25. The number of carboxylic acid groups (broad SMARTS) is 1. The summed E-state index contributed by atoms with van der Waals surface area (Å²) in [4.78, 5) is 10.6. The third-order valence-electron chi connectivity index (χ3n) is 1.35. The lowest BCUT2D eigenvalue weighted by atomic mass is 10.2. The molecule has 0 atom stereocenters. The Hall–Kier alpha value is -1.31. The van der Waals surface area contributed by atoms with E-state index in [1.54, 1.807) is 10.8 Å². The smallest absolute Gasteiger partial charge is 0.337 e. The quantitative estimate of drug-likeness (QED) is 0.698. The molecule has 1 aromatic heterocycles. The van der Waals surface area contributed by atoms with Crippen LogP contribution in [-0.2, 0) is 0 Å². The number of aromatic carboxylic acids is 1. The molecule has 0 aromatic carbocycles. The van der Waals surface area contributed by atoms with Crippen molar-refractivity contribution in [3.63, 3.8) is 0 Å². The van der Waals surface area contributed by atoms with E-state index in [9.17, 15) is 4.79 Å². The third-order valence-corrected chi connectivity index (χ3v) is 2.10. The lowest BCUT2D eigenvalue weighted by molar-refractivity contribution is 0.0697. The van der Waals surface area contributed by atoms with Crippen LogP contribution in [0, 0.1) is 11.8 Å². The summed E-state index contributed by atoms with van der Waals surface area (Å²) in [5, 5.41) is 20.4. The molecule has 68 valence electrons. The van der Waals surface area contributed by atoms with Gasteiger partial charge in [-0.1, -0.05) is 11.8 Å². The number of aliphatic hydroxyl groups excluding tert-OH is 1. The van der Waals surface area contributed by atoms with E-state index in [1.165, 1.54) is 11.3 Å². The van der Waals surface area contributed by atoms with Crippen molar-refractivity contribution in [3.05, 3.63) is 21.9 Å². The zero-order valence-corrected chi connectivity index (χ0v) is 7.60. The fraction of sp³-hybridized carbons (Fsp3) is 0.222. The molecule has 1 aromatic rings. The number of carbonyl (C=O) groups is 1. The van der Waals surface area contributed by atoms with Gasteiger partial charge >= 0.3 is 5.97 Å². The van der Waals surface area contributed by atoms with Crippen LogP contribution >= 0.6 is 11.3 Å². The van der Waals surface area contributed by atoms with Crippen LogP contribution in [0.1, 0.15) is 22.3 Å². The molecule has 2 N–H and O–H groups in total. The van der Waals surface area contributed by atoms with Crippen molar-refractivity contribution in [1.29, 1.82) is 0 Å². The van der Waals surface area contributed by atoms with Gasteiger partial charge in [0, 0.05) is 22.7 Å². The number of aliphatic hydroxyl groups is 1. The second kappa shape index (κ2) is 4.65. The van der Waals surface area contributed by atoms with E-state index in [4.69, 9.17) is 10.2 Å². The Labute approximate surface area is 79.6 Å². The maximum Gasteiger partial charge on any atom is 0.337 e. The first-order valence-electron chi connectivity index (χ1n) is 3.65. The Bertz CT molecular complexity index is 356. The molecule has 0 saturated carbocycles. The first-order valence-corrected chi connectivity index (χ1v) is 4.59. The Morgan fingerprint density at radius 3 is 2.92 bits per heavy atom. The standard InChI is InChI=1S/C9H8O3S/c10-4-2-1-3-7-5-13-6-8(7)9(11)12/h5-6,10H,2,4H2,(H,11,12). The second-order valence-corrected chi connectivity index (χ2v) is 3.02. The lowest BCUT2D eigenvalue weighted by Gasteiger charge is -1.87. The van der Waals surface area contributed by atoms with Crippen molar-refractivity contribution in [3.8, 4) is 11.8 Å². The molecule has 0 radical (unpaired) electrons. The lowest BCUT2D eigenvalue weighted by Crippen LogP contribution is -1.95. The number of hydrogen-bond acceptors (Lipinski definition) is 3. The van der Waals surface area contributed by atoms with Crippen molar-refractivity contribution in [2.45, 2.75) is 6.42 Å². The predicted molar refractivity (Wildman–Crippen MR) is 49.9 cm³/mol. The summed E-state index contributed by atoms with van der Waals surface area (Å²) in [7, 11) is 0. The Balaban J connectivity index is 2.84. The number of hydrogen-bond donors (Lipinski definition) is 2. The van der Waals surface area contributed by atoms with Gasteiger partial charge in [-0.25, -0.2) is 4.79 Å². The fourth-order valence-corrected chi connectivity index (χ4v) is 1.53. The third kappa shape index (κ3) is 2.58. The molecule has 4 heteroatoms. The van der Waals surface area contributed by atoms with Crippen LogP contribution in [0.15, 0.2) is 10.8 Å². The van der Waals surface area contributed by atoms with Gasteiger partial charge in [-0.05, 0) is 0 Å². The van der Waals surface area contributed by atoms with Crippen LogP contribution in [0.2, 0.25) is 0 Å². The summed E-state index contributed by atoms with van der Waals surface area (Å²) in [5.41, 5.74) is 0.751. The van der Waals surface area contributed by atoms with Crippen LogP contribution < -0.4 is 0 Å². The van der Waals surface area contributed by atoms with Crippen molar-refractivity contribution in [2.24, 2.45) is 0 Å². The molecule has 0 fully saturated rings. The highest BCUT2D eigenvalue weighted by atomic mass is 32.1. The van der Waals surface area contributed by atoms with Crippen molar-refractivity contribution in [1.82, 2.24) is 0 Å². The molecule has 1 heterocycles. The molecule has 0 amide bonds. The summed E-state index contributed by atoms with van der Waals surface area (Å²) in [6, 6.07) is 0. The van der Waals surface area contributed by atoms with E-state index in [-0.39, 0.29) is 12.2 Å².